The molecule has 0 fully saturated rings. The largest absolute Gasteiger partial charge is 0.324 e. The molecule has 1 aromatic heterocycles. The predicted molar refractivity (Wildman–Crippen MR) is 65.5 cm³/mol. The van der Waals surface area contributed by atoms with Crippen LogP contribution in [-0.4, -0.2) is 24.5 Å². The maximum atomic E-state index is 11.6. The molecule has 2 amide bonds. The fraction of sp³-hybridized carbons (Fsp3) is 0.364. The Balaban J connectivity index is 2.52. The van der Waals surface area contributed by atoms with Gasteiger partial charge in [-0.2, -0.15) is 0 Å². The summed E-state index contributed by atoms with van der Waals surface area (Å²) in [6.07, 6.45) is 0. The molecule has 0 atom stereocenters. The first kappa shape index (κ1) is 11.8. The molecule has 1 heterocycles. The number of urea groups is 1. The van der Waals surface area contributed by atoms with Gasteiger partial charge in [-0.05, 0) is 26.0 Å². The second-order valence-corrected chi connectivity index (χ2v) is 4.94. The number of amides is 2. The van der Waals surface area contributed by atoms with Crippen LogP contribution in [0.25, 0.3) is 0 Å². The van der Waals surface area contributed by atoms with Gasteiger partial charge < -0.3 is 4.90 Å². The van der Waals surface area contributed by atoms with Gasteiger partial charge in [0.25, 0.3) is 0 Å². The molecule has 0 aliphatic carbocycles. The third-order valence-electron chi connectivity index (χ3n) is 1.82. The minimum atomic E-state index is -0.0974. The van der Waals surface area contributed by atoms with Gasteiger partial charge >= 0.3 is 6.03 Å². The first-order chi connectivity index (χ1) is 6.99. The van der Waals surface area contributed by atoms with Crippen LogP contribution >= 0.6 is 11.3 Å². The van der Waals surface area contributed by atoms with Crippen molar-refractivity contribution in [3.8, 4) is 0 Å². The van der Waals surface area contributed by atoms with Gasteiger partial charge in [0.1, 0.15) is 0 Å². The average molecular weight is 224 g/mol. The second kappa shape index (κ2) is 4.98. The van der Waals surface area contributed by atoms with E-state index in [9.17, 15) is 4.79 Å². The molecular weight excluding hydrogens is 208 g/mol. The Hall–Kier alpha value is -1.29. The number of hydrogen-bond acceptors (Lipinski definition) is 2. The highest BCUT2D eigenvalue weighted by atomic mass is 32.1. The van der Waals surface area contributed by atoms with Crippen molar-refractivity contribution in [2.24, 2.45) is 0 Å². The second-order valence-electron chi connectivity index (χ2n) is 3.65. The van der Waals surface area contributed by atoms with Crippen molar-refractivity contribution in [1.29, 1.82) is 0 Å². The van der Waals surface area contributed by atoms with E-state index < -0.39 is 0 Å². The average Bonchev–Trinajstić information content (AvgIpc) is 2.50. The molecule has 0 saturated heterocycles. The molecule has 1 aromatic rings. The number of thiophene rings is 1. The number of nitrogens with one attached hydrogen (secondary N) is 1. The van der Waals surface area contributed by atoms with E-state index in [1.54, 1.807) is 23.3 Å². The number of aryl methyl sites for hydroxylation is 1. The third kappa shape index (κ3) is 3.75. The summed E-state index contributed by atoms with van der Waals surface area (Å²) in [5, 5.41) is 3.71. The molecule has 3 nitrogen and oxygen atoms in total. The van der Waals surface area contributed by atoms with E-state index in [2.05, 4.69) is 11.9 Å². The minimum absolute atomic E-state index is 0.0974. The molecular formula is C11H16N2OS. The van der Waals surface area contributed by atoms with E-state index in [1.807, 2.05) is 26.0 Å². The van der Waals surface area contributed by atoms with Crippen molar-refractivity contribution in [2.45, 2.75) is 13.8 Å². The van der Waals surface area contributed by atoms with E-state index in [-0.39, 0.29) is 6.03 Å². The maximum absolute atomic E-state index is 11.6. The van der Waals surface area contributed by atoms with Gasteiger partial charge in [0.2, 0.25) is 0 Å². The van der Waals surface area contributed by atoms with E-state index >= 15 is 0 Å². The zero-order valence-electron chi connectivity index (χ0n) is 9.33. The highest BCUT2D eigenvalue weighted by molar-refractivity contribution is 7.16. The van der Waals surface area contributed by atoms with Crippen LogP contribution < -0.4 is 5.32 Å². The number of carbonyl (C=O) groups is 1. The normalized spacial score (nSPS) is 9.80. The van der Waals surface area contributed by atoms with Crippen molar-refractivity contribution in [3.63, 3.8) is 0 Å². The van der Waals surface area contributed by atoms with Gasteiger partial charge in [-0.15, -0.1) is 11.3 Å². The highest BCUT2D eigenvalue weighted by Crippen LogP contribution is 2.20. The number of nitrogens with zero attached hydrogens (tertiary/aromatic N) is 1. The molecule has 1 N–H and O–H groups in total. The molecule has 0 spiro atoms. The van der Waals surface area contributed by atoms with E-state index in [0.29, 0.717) is 6.54 Å². The van der Waals surface area contributed by atoms with Crippen molar-refractivity contribution < 1.29 is 4.79 Å². The topological polar surface area (TPSA) is 32.3 Å². The Morgan fingerprint density at radius 2 is 2.27 bits per heavy atom. The quantitative estimate of drug-likeness (QED) is 0.786. The summed E-state index contributed by atoms with van der Waals surface area (Å²) >= 11 is 1.57. The Kier molecular flexibility index (Phi) is 3.91. The molecule has 0 radical (unpaired) electrons. The van der Waals surface area contributed by atoms with Gasteiger partial charge in [0.05, 0.1) is 5.00 Å². The first-order valence-electron chi connectivity index (χ1n) is 4.72. The zero-order valence-corrected chi connectivity index (χ0v) is 10.1. The molecule has 0 aliphatic rings. The Bertz CT molecular complexity index is 370. The first-order valence-corrected chi connectivity index (χ1v) is 5.53. The summed E-state index contributed by atoms with van der Waals surface area (Å²) in [6, 6.07) is 3.80. The van der Waals surface area contributed by atoms with Crippen LogP contribution in [0, 0.1) is 6.92 Å². The van der Waals surface area contributed by atoms with Gasteiger partial charge in [0, 0.05) is 18.5 Å². The molecule has 15 heavy (non-hydrogen) atoms. The molecule has 0 saturated carbocycles. The van der Waals surface area contributed by atoms with Gasteiger partial charge in [-0.1, -0.05) is 12.2 Å². The fourth-order valence-corrected chi connectivity index (χ4v) is 1.94. The number of anilines is 1. The summed E-state index contributed by atoms with van der Waals surface area (Å²) in [5.74, 6) is 0. The van der Waals surface area contributed by atoms with Gasteiger partial charge in [-0.25, -0.2) is 4.79 Å². The number of rotatable bonds is 3. The summed E-state index contributed by atoms with van der Waals surface area (Å²) in [6.45, 7) is 8.26. The van der Waals surface area contributed by atoms with Crippen molar-refractivity contribution in [1.82, 2.24) is 4.90 Å². The standard InChI is InChI=1S/C11H16N2OS/c1-8(2)7-13(4)11(14)12-10-6-5-9(3)15-10/h5-6H,1,7H2,2-4H3,(H,12,14). The Morgan fingerprint density at radius 3 is 2.73 bits per heavy atom. The summed E-state index contributed by atoms with van der Waals surface area (Å²) < 4.78 is 0. The fourth-order valence-electron chi connectivity index (χ4n) is 1.18. The van der Waals surface area contributed by atoms with Crippen LogP contribution in [0.1, 0.15) is 11.8 Å². The van der Waals surface area contributed by atoms with Crippen molar-refractivity contribution >= 4 is 22.4 Å². The number of likely N-dealkylation sites (N-methyl/N-ethyl adjacent to an activating group) is 1. The van der Waals surface area contributed by atoms with E-state index in [0.717, 1.165) is 10.6 Å². The molecule has 1 rings (SSSR count). The van der Waals surface area contributed by atoms with Crippen LogP contribution in [0.15, 0.2) is 24.3 Å². The molecule has 0 unspecified atom stereocenters. The maximum Gasteiger partial charge on any atom is 0.322 e. The molecule has 0 aliphatic heterocycles. The predicted octanol–water partition coefficient (Wildman–Crippen LogP) is 3.10. The van der Waals surface area contributed by atoms with Crippen LogP contribution in [0.3, 0.4) is 0 Å². The van der Waals surface area contributed by atoms with Gasteiger partial charge in [-0.3, -0.25) is 5.32 Å². The van der Waals surface area contributed by atoms with Gasteiger partial charge in [0.15, 0.2) is 0 Å². The van der Waals surface area contributed by atoms with Crippen LogP contribution in [0.2, 0.25) is 0 Å². The van der Waals surface area contributed by atoms with Crippen molar-refractivity contribution in [3.05, 3.63) is 29.2 Å². The Morgan fingerprint density at radius 1 is 1.60 bits per heavy atom. The van der Waals surface area contributed by atoms with E-state index in [4.69, 9.17) is 0 Å². The van der Waals surface area contributed by atoms with Crippen molar-refractivity contribution in [2.75, 3.05) is 18.9 Å². The van der Waals surface area contributed by atoms with E-state index in [1.165, 1.54) is 4.88 Å². The third-order valence-corrected chi connectivity index (χ3v) is 2.74. The highest BCUT2D eigenvalue weighted by Gasteiger charge is 2.09. The molecule has 0 aromatic carbocycles. The summed E-state index contributed by atoms with van der Waals surface area (Å²) in [5.41, 5.74) is 0.968. The number of carbonyl (C=O) groups excluding carboxylic acids is 1. The lowest BCUT2D eigenvalue weighted by Gasteiger charge is -2.16. The van der Waals surface area contributed by atoms with Crippen LogP contribution in [-0.2, 0) is 0 Å². The Labute approximate surface area is 94.4 Å². The lowest BCUT2D eigenvalue weighted by Crippen LogP contribution is -2.32. The SMILES string of the molecule is C=C(C)CN(C)C(=O)Nc1ccc(C)s1. The zero-order chi connectivity index (χ0) is 11.4. The number of hydrogen-bond donors (Lipinski definition) is 1. The smallest absolute Gasteiger partial charge is 0.322 e. The minimum Gasteiger partial charge on any atom is -0.324 e. The lowest BCUT2D eigenvalue weighted by atomic mass is 10.3. The lowest BCUT2D eigenvalue weighted by molar-refractivity contribution is 0.226. The summed E-state index contributed by atoms with van der Waals surface area (Å²) in [7, 11) is 1.75. The van der Waals surface area contributed by atoms with Crippen LogP contribution in [0.5, 0.6) is 0 Å². The monoisotopic (exact) mass is 224 g/mol. The summed E-state index contributed by atoms with van der Waals surface area (Å²) in [4.78, 5) is 14.4. The molecule has 82 valence electrons. The molecule has 0 bridgehead atoms. The molecule has 4 heteroatoms. The van der Waals surface area contributed by atoms with Crippen LogP contribution in [0.4, 0.5) is 9.80 Å².